The van der Waals surface area contributed by atoms with E-state index in [2.05, 4.69) is 31.9 Å². The zero-order chi connectivity index (χ0) is 86.3. The molecular formula is C87H108N14O20. The van der Waals surface area contributed by atoms with Gasteiger partial charge in [-0.15, -0.1) is 0 Å². The maximum absolute atomic E-state index is 13.7. The molecule has 0 aliphatic carbocycles. The van der Waals surface area contributed by atoms with Crippen LogP contribution in [0.3, 0.4) is 0 Å². The highest BCUT2D eigenvalue weighted by Gasteiger charge is 2.49. The molecule has 0 radical (unpaired) electrons. The van der Waals surface area contributed by atoms with E-state index in [1.807, 2.05) is 84.3 Å². The van der Waals surface area contributed by atoms with E-state index >= 15 is 0 Å². The number of aliphatic carboxylic acids is 2. The number of cyclic esters (lactones) is 1. The lowest BCUT2D eigenvalue weighted by Crippen LogP contribution is -2.63. The van der Waals surface area contributed by atoms with Gasteiger partial charge in [-0.1, -0.05) is 103 Å². The smallest absolute Gasteiger partial charge is 0.331 e. The first-order valence-electron chi connectivity index (χ1n) is 41.6. The predicted molar refractivity (Wildman–Crippen MR) is 435 cm³/mol. The fourth-order valence-corrected chi connectivity index (χ4v) is 16.3. The number of esters is 2. The lowest BCUT2D eigenvalue weighted by Gasteiger charge is -2.43. The zero-order valence-corrected chi connectivity index (χ0v) is 68.3. The number of hydrogen-bond acceptors (Lipinski definition) is 22. The van der Waals surface area contributed by atoms with Crippen molar-refractivity contribution in [2.75, 3.05) is 52.4 Å². The topological polar surface area (TPSA) is 422 Å². The van der Waals surface area contributed by atoms with Crippen LogP contribution in [-0.4, -0.2) is 264 Å². The number of ether oxygens (including phenoxy) is 3. The van der Waals surface area contributed by atoms with E-state index in [0.717, 1.165) is 44.2 Å². The van der Waals surface area contributed by atoms with Crippen LogP contribution in [-0.2, 0) is 73.6 Å². The number of nitrogens with one attached hydrogen (secondary N) is 6. The van der Waals surface area contributed by atoms with Crippen LogP contribution >= 0.6 is 0 Å². The second-order valence-corrected chi connectivity index (χ2v) is 32.0. The number of amides is 10. The van der Waals surface area contributed by atoms with Crippen molar-refractivity contribution in [3.63, 3.8) is 0 Å². The second-order valence-electron chi connectivity index (χ2n) is 32.0. The van der Waals surface area contributed by atoms with Crippen molar-refractivity contribution < 1.29 is 96.3 Å². The summed E-state index contributed by atoms with van der Waals surface area (Å²) in [6.45, 7) is 10.8. The monoisotopic (exact) mass is 1670 g/mol. The van der Waals surface area contributed by atoms with Crippen LogP contribution < -0.4 is 31.9 Å². The summed E-state index contributed by atoms with van der Waals surface area (Å²) in [5.74, 6) is -6.53. The Kier molecular flexibility index (Phi) is 31.9. The predicted octanol–water partition coefficient (Wildman–Crippen LogP) is 4.71. The molecule has 9 heterocycles. The number of carboxylic acids is 2. The van der Waals surface area contributed by atoms with Gasteiger partial charge in [0, 0.05) is 74.6 Å². The highest BCUT2D eigenvalue weighted by molar-refractivity contribution is 6.01. The molecule has 9 aliphatic rings. The Labute approximate surface area is 701 Å². The van der Waals surface area contributed by atoms with Gasteiger partial charge in [-0.3, -0.25) is 77.6 Å². The Morgan fingerprint density at radius 2 is 0.744 bits per heavy atom. The molecule has 121 heavy (non-hydrogen) atoms. The van der Waals surface area contributed by atoms with Crippen LogP contribution in [0, 0.1) is 0 Å². The Hall–Kier alpha value is -11.9. The van der Waals surface area contributed by atoms with Gasteiger partial charge in [0.15, 0.2) is 0 Å². The summed E-state index contributed by atoms with van der Waals surface area (Å²) in [5, 5.41) is 48.2. The molecule has 34 heteroatoms. The van der Waals surface area contributed by atoms with E-state index in [1.54, 1.807) is 113 Å². The lowest BCUT2D eigenvalue weighted by molar-refractivity contribution is -0.184. The third-order valence-electron chi connectivity index (χ3n) is 22.1. The largest absolute Gasteiger partial charge is 0.481 e. The molecule has 10 amide bonds. The Balaban J connectivity index is 0.000000160. The molecule has 11 atom stereocenters. The van der Waals surface area contributed by atoms with Crippen molar-refractivity contribution in [2.45, 2.75) is 215 Å². The molecule has 0 saturated carbocycles. The SMILES string of the molecule is CC(C)(C)OC(=O)[C@@H]1CCCN2CCC[C@H](NC(=O)c3ccccc3)C(=O)N12.O=C(N[C@H]1CCCN2CCC[C@@H](C(=O)O)N2C1=O)c1ccccc1.O=C1C[C@H](NC(=O)[C@@H]2CCCN3CCC[C@H](NC(=O)c4ccccc4)C(=O)N23)C(OCc2ccccc2)O1.O=C[C@H](CC(=O)O)NC(=O)[C@@H]1CCCN2CCC[C@H](NC(=O)c3ccccc3)C(=O)N12. The third kappa shape index (κ3) is 24.3. The van der Waals surface area contributed by atoms with Crippen molar-refractivity contribution >= 4 is 89.2 Å². The normalized spacial score (nSPS) is 24.2. The van der Waals surface area contributed by atoms with E-state index in [0.29, 0.717) is 145 Å². The molecule has 646 valence electrons. The quantitative estimate of drug-likeness (QED) is 0.0386. The van der Waals surface area contributed by atoms with Gasteiger partial charge in [0.1, 0.15) is 66.3 Å². The second kappa shape index (κ2) is 42.9. The van der Waals surface area contributed by atoms with Gasteiger partial charge in [-0.25, -0.2) is 29.6 Å². The highest BCUT2D eigenvalue weighted by atomic mass is 16.7. The summed E-state index contributed by atoms with van der Waals surface area (Å²) in [6, 6.07) is 36.5. The number of hydrogen-bond donors (Lipinski definition) is 8. The van der Waals surface area contributed by atoms with Gasteiger partial charge in [0.05, 0.1) is 25.5 Å². The number of benzene rings is 5. The van der Waals surface area contributed by atoms with Crippen molar-refractivity contribution in [3.8, 4) is 0 Å². The first-order chi connectivity index (χ1) is 58.2. The van der Waals surface area contributed by atoms with E-state index in [9.17, 15) is 77.0 Å². The zero-order valence-electron chi connectivity index (χ0n) is 68.3. The fraction of sp³-hybridized carbons (Fsp3) is 0.483. The van der Waals surface area contributed by atoms with Crippen molar-refractivity contribution in [2.24, 2.45) is 0 Å². The molecule has 5 aromatic rings. The number of rotatable bonds is 20. The van der Waals surface area contributed by atoms with Crippen molar-refractivity contribution in [1.82, 2.24) is 72.0 Å². The molecular weight excluding hydrogens is 1560 g/mol. The molecule has 8 N–H and O–H groups in total. The van der Waals surface area contributed by atoms with Gasteiger partial charge in [0.2, 0.25) is 18.1 Å². The van der Waals surface area contributed by atoms with Gasteiger partial charge in [0.25, 0.3) is 47.3 Å². The van der Waals surface area contributed by atoms with Crippen LogP contribution in [0.4, 0.5) is 0 Å². The molecule has 9 fully saturated rings. The van der Waals surface area contributed by atoms with Gasteiger partial charge < -0.3 is 61.1 Å². The van der Waals surface area contributed by atoms with E-state index in [4.69, 9.17) is 19.3 Å². The van der Waals surface area contributed by atoms with Gasteiger partial charge in [-0.05, 0) is 178 Å². The lowest BCUT2D eigenvalue weighted by atomic mass is 10.0. The molecule has 14 rings (SSSR count). The summed E-state index contributed by atoms with van der Waals surface area (Å²) in [7, 11) is 0. The van der Waals surface area contributed by atoms with Crippen molar-refractivity contribution in [1.29, 1.82) is 0 Å². The Morgan fingerprint density at radius 1 is 0.430 bits per heavy atom. The fourth-order valence-electron chi connectivity index (χ4n) is 16.3. The molecule has 0 spiro atoms. The number of carbonyl (C=O) groups excluding carboxylic acids is 13. The minimum atomic E-state index is -1.21. The van der Waals surface area contributed by atoms with Crippen LogP contribution in [0.25, 0.3) is 0 Å². The number of fused-ring (bicyclic) bond motifs is 4. The van der Waals surface area contributed by atoms with E-state index in [-0.39, 0.29) is 72.2 Å². The standard InChI is InChI=1S/C28H32N4O6.C21H26N4O6.C21H29N3O4.C17H21N3O4/c33-24-17-22(28(38-24)37-18-19-9-3-1-4-10-19)30-26(35)23-14-8-16-31-15-7-13-21(27(36)32(23)31)29-25(34)20-11-5-2-6-12-20;26-13-15(12-18(27)28)22-20(30)17-9-5-11-24-10-4-8-16(21(31)25(17)24)23-19(29)14-6-2-1-3-7-14;1-21(2,3)28-20(27)17-12-8-14-23-13-7-11-16(19(26)24(17)23)22-18(25)15-9-5-4-6-10-15;21-15(12-6-2-1-3-7-12)18-13-8-4-10-19-11-5-9-14(17(23)24)20(19)16(13)22/h1-6,9-12,21-23,28H,7-8,13-18H2,(H,29,34)(H,30,35);1-3,6-7,13,15-17H,4-5,8-12H2,(H,22,30)(H,23,29)(H,27,28);4-6,9-10,16-17H,7-8,11-14H2,1-3H3,(H,22,25);1-3,6-7,13-14H,4-5,8-11H2,(H,18,21)(H,23,24)/t21-,22-,23-,28?;15-,16-,17-;16-,17-;13-,14-/m0000/s1. The summed E-state index contributed by atoms with van der Waals surface area (Å²) < 4.78 is 16.7. The Morgan fingerprint density at radius 3 is 1.08 bits per heavy atom. The highest BCUT2D eigenvalue weighted by Crippen LogP contribution is 2.31. The average molecular weight is 1670 g/mol. The van der Waals surface area contributed by atoms with Crippen LogP contribution in [0.2, 0.25) is 0 Å². The van der Waals surface area contributed by atoms with Gasteiger partial charge in [-0.2, -0.15) is 0 Å². The number of carbonyl (C=O) groups is 15. The number of nitrogens with zero attached hydrogens (tertiary/aromatic N) is 8. The van der Waals surface area contributed by atoms with E-state index in [1.165, 1.54) is 15.0 Å². The molecule has 9 aliphatic heterocycles. The van der Waals surface area contributed by atoms with E-state index < -0.39 is 103 Å². The summed E-state index contributed by atoms with van der Waals surface area (Å²) in [4.78, 5) is 188. The number of aldehydes is 1. The van der Waals surface area contributed by atoms with Gasteiger partial charge >= 0.3 is 23.9 Å². The molecule has 1 unspecified atom stereocenters. The maximum atomic E-state index is 13.7. The number of carboxylic acid groups (broad SMARTS) is 2. The first-order valence-corrected chi connectivity index (χ1v) is 41.6. The molecule has 0 aromatic heterocycles. The van der Waals surface area contributed by atoms with Crippen LogP contribution in [0.5, 0.6) is 0 Å². The molecule has 0 bridgehead atoms. The first kappa shape index (κ1) is 89.9. The maximum Gasteiger partial charge on any atom is 0.331 e. The van der Waals surface area contributed by atoms with Crippen LogP contribution in [0.15, 0.2) is 152 Å². The minimum Gasteiger partial charge on any atom is -0.481 e. The summed E-state index contributed by atoms with van der Waals surface area (Å²) in [5.41, 5.74) is 2.21. The third-order valence-corrected chi connectivity index (χ3v) is 22.1. The molecule has 34 nitrogen and oxygen atoms in total. The summed E-state index contributed by atoms with van der Waals surface area (Å²) in [6.07, 6.45) is 8.63. The Bertz CT molecular complexity index is 4470. The molecule has 5 aromatic carbocycles. The van der Waals surface area contributed by atoms with Crippen molar-refractivity contribution in [3.05, 3.63) is 179 Å². The van der Waals surface area contributed by atoms with Crippen LogP contribution in [0.1, 0.15) is 183 Å². The number of hydrazine groups is 4. The average Bonchev–Trinajstić information content (AvgIpc) is 1.77. The molecule has 9 saturated heterocycles. The minimum absolute atomic E-state index is 0.00860. The summed E-state index contributed by atoms with van der Waals surface area (Å²) >= 11 is 0.